The molecular weight excluding hydrogens is 805 g/mol. The fourth-order valence-electron chi connectivity index (χ4n) is 10.5. The maximum atomic E-state index is 10.8. The number of hydrogen-bond donors (Lipinski definition) is 2. The van der Waals surface area contributed by atoms with E-state index in [1.807, 2.05) is 0 Å². The van der Waals surface area contributed by atoms with Crippen molar-refractivity contribution in [2.45, 2.75) is 385 Å². The van der Waals surface area contributed by atoms with Crippen LogP contribution in [0.2, 0.25) is 0 Å². The Morgan fingerprint density at radius 2 is 0.197 bits per heavy atom. The molecule has 0 unspecified atom stereocenters. The monoisotopic (exact) mass is 929 g/mol. The van der Waals surface area contributed by atoms with E-state index >= 15 is 0 Å². The molecule has 2 amide bonds. The number of rotatable bonds is 61. The van der Waals surface area contributed by atoms with Gasteiger partial charge >= 0.3 is 0 Å². The molecule has 0 aromatic carbocycles. The van der Waals surface area contributed by atoms with Gasteiger partial charge in [0.05, 0.1) is 0 Å². The van der Waals surface area contributed by atoms with Crippen LogP contribution in [0.25, 0.3) is 0 Å². The quantitative estimate of drug-likeness (QED) is 0.0595. The summed E-state index contributed by atoms with van der Waals surface area (Å²) in [6.45, 7) is 0. The first-order valence-electron chi connectivity index (χ1n) is 31.2. The van der Waals surface area contributed by atoms with E-state index in [0.29, 0.717) is 12.8 Å². The zero-order valence-corrected chi connectivity index (χ0v) is 45.4. The number of amides is 2. The number of carbonyl (C=O) groups excluding carboxylic acids is 2. The van der Waals surface area contributed by atoms with E-state index in [2.05, 4.69) is 0 Å². The number of hydrogen-bond acceptors (Lipinski definition) is 2. The Bertz CT molecular complexity index is 834. The van der Waals surface area contributed by atoms with Crippen LogP contribution in [-0.2, 0) is 9.59 Å². The SMILES string of the molecule is NC(=O)CCCCCCCCCCCCCCCCCCCCCCCCCCCCCCCCCCCCCCCCCCCCCCCCCCCCCCCCCCCCC(N)=O. The fraction of sp³-hybridized carbons (Fsp3) is 0.968. The second-order valence-corrected chi connectivity index (χ2v) is 21.9. The topological polar surface area (TPSA) is 86.2 Å². The first-order chi connectivity index (χ1) is 32.6. The van der Waals surface area contributed by atoms with Crippen molar-refractivity contribution in [3.63, 3.8) is 0 Å². The molecule has 0 aromatic heterocycles. The van der Waals surface area contributed by atoms with Crippen LogP contribution in [0.4, 0.5) is 0 Å². The van der Waals surface area contributed by atoms with Crippen molar-refractivity contribution in [2.75, 3.05) is 0 Å². The van der Waals surface area contributed by atoms with Crippen molar-refractivity contribution < 1.29 is 9.59 Å². The number of nitrogens with two attached hydrogens (primary N) is 2. The molecule has 0 aliphatic rings. The normalized spacial score (nSPS) is 11.6. The minimum atomic E-state index is -0.147. The lowest BCUT2D eigenvalue weighted by Gasteiger charge is -2.05. The molecule has 0 fully saturated rings. The summed E-state index contributed by atoms with van der Waals surface area (Å²) in [4.78, 5) is 21.5. The third-order valence-electron chi connectivity index (χ3n) is 15.1. The van der Waals surface area contributed by atoms with Crippen molar-refractivity contribution in [3.8, 4) is 0 Å². The molecule has 394 valence electrons. The number of carbonyl (C=O) groups is 2. The Labute approximate surface area is 416 Å². The summed E-state index contributed by atoms with van der Waals surface area (Å²) in [5.41, 5.74) is 10.4. The smallest absolute Gasteiger partial charge is 0.217 e. The molecule has 0 atom stereocenters. The van der Waals surface area contributed by atoms with Crippen molar-refractivity contribution in [2.24, 2.45) is 11.5 Å². The van der Waals surface area contributed by atoms with E-state index in [9.17, 15) is 9.59 Å². The molecule has 0 rings (SSSR count). The predicted molar refractivity (Wildman–Crippen MR) is 295 cm³/mol. The van der Waals surface area contributed by atoms with Crippen LogP contribution < -0.4 is 11.5 Å². The van der Waals surface area contributed by atoms with E-state index in [-0.39, 0.29) is 11.8 Å². The summed E-state index contributed by atoms with van der Waals surface area (Å²) in [6.07, 6.45) is 83.7. The van der Waals surface area contributed by atoms with E-state index in [1.165, 1.54) is 360 Å². The highest BCUT2D eigenvalue weighted by Crippen LogP contribution is 2.20. The zero-order valence-electron chi connectivity index (χ0n) is 45.4. The summed E-state index contributed by atoms with van der Waals surface area (Å²) < 4.78 is 0. The summed E-state index contributed by atoms with van der Waals surface area (Å²) in [6, 6.07) is 0. The Balaban J connectivity index is 3.07. The van der Waals surface area contributed by atoms with Crippen LogP contribution in [0.3, 0.4) is 0 Å². The lowest BCUT2D eigenvalue weighted by atomic mass is 10.0. The summed E-state index contributed by atoms with van der Waals surface area (Å²) in [5.74, 6) is -0.294. The van der Waals surface area contributed by atoms with Gasteiger partial charge < -0.3 is 11.5 Å². The third-order valence-corrected chi connectivity index (χ3v) is 15.1. The molecule has 4 N–H and O–H groups in total. The van der Waals surface area contributed by atoms with Crippen LogP contribution in [0, 0.1) is 0 Å². The van der Waals surface area contributed by atoms with Crippen molar-refractivity contribution in [1.82, 2.24) is 0 Å². The first-order valence-corrected chi connectivity index (χ1v) is 31.2. The van der Waals surface area contributed by atoms with Gasteiger partial charge in [0.2, 0.25) is 11.8 Å². The molecule has 0 aromatic rings. The number of unbranched alkanes of at least 4 members (excludes halogenated alkanes) is 57. The molecule has 0 aliphatic heterocycles. The highest BCUT2D eigenvalue weighted by molar-refractivity contribution is 5.73. The van der Waals surface area contributed by atoms with Gasteiger partial charge in [-0.05, 0) is 12.8 Å². The molecule has 0 spiro atoms. The Hall–Kier alpha value is -1.06. The molecule has 4 nitrogen and oxygen atoms in total. The lowest BCUT2D eigenvalue weighted by molar-refractivity contribution is -0.119. The Morgan fingerprint density at radius 3 is 0.258 bits per heavy atom. The summed E-state index contributed by atoms with van der Waals surface area (Å²) in [7, 11) is 0. The average molecular weight is 930 g/mol. The zero-order chi connectivity index (χ0) is 47.6. The van der Waals surface area contributed by atoms with Gasteiger partial charge in [0.1, 0.15) is 0 Å². The van der Waals surface area contributed by atoms with Crippen LogP contribution in [0.1, 0.15) is 385 Å². The van der Waals surface area contributed by atoms with Crippen LogP contribution >= 0.6 is 0 Å². The lowest BCUT2D eigenvalue weighted by Crippen LogP contribution is -2.09. The van der Waals surface area contributed by atoms with Gasteiger partial charge in [-0.25, -0.2) is 0 Å². The van der Waals surface area contributed by atoms with E-state index < -0.39 is 0 Å². The van der Waals surface area contributed by atoms with Gasteiger partial charge in [-0.2, -0.15) is 0 Å². The maximum Gasteiger partial charge on any atom is 0.217 e. The maximum absolute atomic E-state index is 10.8. The molecule has 0 saturated carbocycles. The second kappa shape index (κ2) is 60.1. The van der Waals surface area contributed by atoms with Crippen LogP contribution in [0.5, 0.6) is 0 Å². The molecule has 0 saturated heterocycles. The molecule has 0 radical (unpaired) electrons. The highest BCUT2D eigenvalue weighted by atomic mass is 16.1. The van der Waals surface area contributed by atoms with Gasteiger partial charge in [0, 0.05) is 12.8 Å². The standard InChI is InChI=1S/C62H124N2O2/c63-61(65)59-57-55-53-51-49-47-45-43-41-39-37-35-33-31-29-27-25-23-21-19-17-15-13-11-9-7-5-3-1-2-4-6-8-10-12-14-16-18-20-22-24-26-28-30-32-34-36-38-40-42-44-46-48-50-52-54-56-58-60-62(64)66/h1-60H2,(H2,63,65)(H2,64,66). The summed E-state index contributed by atoms with van der Waals surface area (Å²) >= 11 is 0. The highest BCUT2D eigenvalue weighted by Gasteiger charge is 2.01. The minimum absolute atomic E-state index is 0.147. The van der Waals surface area contributed by atoms with E-state index in [4.69, 9.17) is 11.5 Å². The molecule has 0 aliphatic carbocycles. The fourth-order valence-corrected chi connectivity index (χ4v) is 10.5. The predicted octanol–water partition coefficient (Wildman–Crippen LogP) is 21.4. The van der Waals surface area contributed by atoms with Crippen LogP contribution in [-0.4, -0.2) is 11.8 Å². The average Bonchev–Trinajstić information content (AvgIpc) is 3.30. The second-order valence-electron chi connectivity index (χ2n) is 21.9. The largest absolute Gasteiger partial charge is 0.370 e. The van der Waals surface area contributed by atoms with Gasteiger partial charge in [-0.1, -0.05) is 360 Å². The van der Waals surface area contributed by atoms with Gasteiger partial charge in [-0.15, -0.1) is 0 Å². The molecule has 66 heavy (non-hydrogen) atoms. The van der Waals surface area contributed by atoms with Crippen LogP contribution in [0.15, 0.2) is 0 Å². The number of primary amides is 2. The van der Waals surface area contributed by atoms with E-state index in [1.54, 1.807) is 0 Å². The van der Waals surface area contributed by atoms with E-state index in [0.717, 1.165) is 12.8 Å². The molecule has 0 bridgehead atoms. The Kier molecular flexibility index (Phi) is 59.1. The van der Waals surface area contributed by atoms with Crippen molar-refractivity contribution in [3.05, 3.63) is 0 Å². The summed E-state index contributed by atoms with van der Waals surface area (Å²) in [5, 5.41) is 0. The molecule has 4 heteroatoms. The minimum Gasteiger partial charge on any atom is -0.370 e. The molecule has 0 heterocycles. The van der Waals surface area contributed by atoms with Gasteiger partial charge in [0.25, 0.3) is 0 Å². The van der Waals surface area contributed by atoms with Crippen molar-refractivity contribution >= 4 is 11.8 Å². The first kappa shape index (κ1) is 64.9. The van der Waals surface area contributed by atoms with Crippen molar-refractivity contribution in [1.29, 1.82) is 0 Å². The third kappa shape index (κ3) is 62.9. The molecular formula is C62H124N2O2. The van der Waals surface area contributed by atoms with Gasteiger partial charge in [-0.3, -0.25) is 9.59 Å². The van der Waals surface area contributed by atoms with Gasteiger partial charge in [0.15, 0.2) is 0 Å². The Morgan fingerprint density at radius 1 is 0.136 bits per heavy atom.